The molecule has 0 aliphatic carbocycles. The fraction of sp³-hybridized carbons (Fsp3) is 0. The van der Waals surface area contributed by atoms with Crippen LogP contribution in [0, 0.1) is 10.1 Å². The predicted octanol–water partition coefficient (Wildman–Crippen LogP) is 1.81. The summed E-state index contributed by atoms with van der Waals surface area (Å²) < 4.78 is 0. The summed E-state index contributed by atoms with van der Waals surface area (Å²) >= 11 is 5.74. The molecule has 0 amide bonds. The smallest absolute Gasteiger partial charge is 0.261 e. The van der Waals surface area contributed by atoms with Crippen LogP contribution in [-0.2, 0) is 0 Å². The van der Waals surface area contributed by atoms with Gasteiger partial charge in [-0.15, -0.1) is 0 Å². The van der Waals surface area contributed by atoms with Gasteiger partial charge in [0.15, 0.2) is 11.4 Å². The van der Waals surface area contributed by atoms with Gasteiger partial charge in [-0.2, -0.15) is 0 Å². The molecule has 14 heavy (non-hydrogen) atoms. The van der Waals surface area contributed by atoms with Gasteiger partial charge in [-0.25, -0.2) is 5.48 Å². The number of hydroxylamine groups is 1. The Bertz CT molecular complexity index is 431. The van der Waals surface area contributed by atoms with E-state index < -0.39 is 4.92 Å². The molecule has 0 aromatic heterocycles. The highest BCUT2D eigenvalue weighted by Gasteiger charge is 2.20. The molecule has 0 bridgehead atoms. The van der Waals surface area contributed by atoms with E-state index in [0.717, 1.165) is 6.20 Å². The lowest BCUT2D eigenvalue weighted by Crippen LogP contribution is -2.08. The van der Waals surface area contributed by atoms with Gasteiger partial charge in [0.25, 0.3) is 6.20 Å². The zero-order valence-electron chi connectivity index (χ0n) is 6.86. The first kappa shape index (κ1) is 8.83. The molecule has 1 aliphatic heterocycles. The number of halogens is 1. The lowest BCUT2D eigenvalue weighted by Gasteiger charge is -1.93. The number of fused-ring (bicyclic) bond motifs is 1. The topological polar surface area (TPSA) is 64.4 Å². The first-order chi connectivity index (χ1) is 6.66. The van der Waals surface area contributed by atoms with Crippen LogP contribution in [-0.4, -0.2) is 4.92 Å². The van der Waals surface area contributed by atoms with Crippen LogP contribution in [0.1, 0.15) is 5.56 Å². The maximum Gasteiger partial charge on any atom is 0.261 e. The van der Waals surface area contributed by atoms with E-state index in [1.54, 1.807) is 18.2 Å². The Morgan fingerprint density at radius 3 is 3.07 bits per heavy atom. The van der Waals surface area contributed by atoms with Crippen molar-refractivity contribution in [2.75, 3.05) is 0 Å². The van der Waals surface area contributed by atoms with Gasteiger partial charge in [0.05, 0.1) is 10.5 Å². The molecule has 1 heterocycles. The van der Waals surface area contributed by atoms with Crippen LogP contribution in [0.15, 0.2) is 24.4 Å². The molecule has 2 rings (SSSR count). The summed E-state index contributed by atoms with van der Waals surface area (Å²) in [7, 11) is 0. The molecule has 0 unspecified atom stereocenters. The Kier molecular flexibility index (Phi) is 2.01. The first-order valence-electron chi connectivity index (χ1n) is 3.75. The minimum Gasteiger partial charge on any atom is -0.381 e. The monoisotopic (exact) mass is 212 g/mol. The second-order valence-electron chi connectivity index (χ2n) is 2.67. The molecule has 0 spiro atoms. The highest BCUT2D eigenvalue weighted by atomic mass is 35.5. The van der Waals surface area contributed by atoms with E-state index in [1.165, 1.54) is 0 Å². The van der Waals surface area contributed by atoms with Crippen LogP contribution in [0.25, 0.3) is 5.70 Å². The number of nitrogens with zero attached hydrogens (tertiary/aromatic N) is 1. The van der Waals surface area contributed by atoms with E-state index in [-0.39, 0.29) is 0 Å². The highest BCUT2D eigenvalue weighted by molar-refractivity contribution is 6.30. The van der Waals surface area contributed by atoms with Crippen molar-refractivity contribution in [3.8, 4) is 5.75 Å². The van der Waals surface area contributed by atoms with Crippen LogP contribution < -0.4 is 10.3 Å². The number of hydrogen-bond donors (Lipinski definition) is 1. The number of hydrogen-bond acceptors (Lipinski definition) is 4. The normalized spacial score (nSPS) is 15.9. The largest absolute Gasteiger partial charge is 0.381 e. The van der Waals surface area contributed by atoms with E-state index in [1.807, 2.05) is 0 Å². The standard InChI is InChI=1S/C8H5ClN2O3/c9-5-1-2-8-6(3-5)7(10-14-8)4-11(12)13/h1-4,10H/b7-4-. The first-order valence-corrected chi connectivity index (χ1v) is 4.13. The van der Waals surface area contributed by atoms with Gasteiger partial charge in [-0.05, 0) is 18.2 Å². The average Bonchev–Trinajstić information content (AvgIpc) is 2.47. The van der Waals surface area contributed by atoms with E-state index >= 15 is 0 Å². The molecule has 5 nitrogen and oxygen atoms in total. The van der Waals surface area contributed by atoms with Crippen molar-refractivity contribution in [1.82, 2.24) is 5.48 Å². The molecule has 1 aromatic carbocycles. The number of nitrogens with one attached hydrogen (secondary N) is 1. The van der Waals surface area contributed by atoms with Crippen LogP contribution in [0.4, 0.5) is 0 Å². The van der Waals surface area contributed by atoms with Crippen molar-refractivity contribution < 1.29 is 9.76 Å². The van der Waals surface area contributed by atoms with Crippen molar-refractivity contribution >= 4 is 17.3 Å². The highest BCUT2D eigenvalue weighted by Crippen LogP contribution is 2.31. The van der Waals surface area contributed by atoms with Gasteiger partial charge >= 0.3 is 0 Å². The van der Waals surface area contributed by atoms with Gasteiger partial charge in [0.2, 0.25) is 0 Å². The molecule has 0 fully saturated rings. The van der Waals surface area contributed by atoms with E-state index in [4.69, 9.17) is 16.4 Å². The van der Waals surface area contributed by atoms with Crippen LogP contribution in [0.3, 0.4) is 0 Å². The minimum absolute atomic E-state index is 0.299. The molecule has 0 atom stereocenters. The summed E-state index contributed by atoms with van der Waals surface area (Å²) in [5, 5.41) is 10.8. The number of rotatable bonds is 1. The summed E-state index contributed by atoms with van der Waals surface area (Å²) in [4.78, 5) is 14.7. The van der Waals surface area contributed by atoms with Crippen LogP contribution in [0.2, 0.25) is 5.02 Å². The van der Waals surface area contributed by atoms with E-state index in [2.05, 4.69) is 5.48 Å². The van der Waals surface area contributed by atoms with Crippen molar-refractivity contribution in [2.24, 2.45) is 0 Å². The molecule has 1 aliphatic rings. The third-order valence-electron chi connectivity index (χ3n) is 1.74. The Hall–Kier alpha value is -1.75. The zero-order valence-corrected chi connectivity index (χ0v) is 7.62. The van der Waals surface area contributed by atoms with Crippen LogP contribution >= 0.6 is 11.6 Å². The van der Waals surface area contributed by atoms with Crippen molar-refractivity contribution in [1.29, 1.82) is 0 Å². The van der Waals surface area contributed by atoms with Gasteiger partial charge in [-0.1, -0.05) is 11.6 Å². The fourth-order valence-electron chi connectivity index (χ4n) is 1.17. The van der Waals surface area contributed by atoms with Gasteiger partial charge in [0, 0.05) is 5.02 Å². The van der Waals surface area contributed by atoms with Crippen molar-refractivity contribution in [2.45, 2.75) is 0 Å². The van der Waals surface area contributed by atoms with Gasteiger partial charge in [-0.3, -0.25) is 10.1 Å². The number of nitro groups is 1. The van der Waals surface area contributed by atoms with E-state index in [0.29, 0.717) is 22.0 Å². The molecule has 1 N–H and O–H groups in total. The maximum atomic E-state index is 10.3. The molecule has 72 valence electrons. The Morgan fingerprint density at radius 2 is 2.36 bits per heavy atom. The minimum atomic E-state index is -0.554. The molecule has 1 aromatic rings. The average molecular weight is 213 g/mol. The summed E-state index contributed by atoms with van der Waals surface area (Å²) in [5.74, 6) is 0.530. The summed E-state index contributed by atoms with van der Waals surface area (Å²) in [6, 6.07) is 4.90. The third-order valence-corrected chi connectivity index (χ3v) is 1.97. The van der Waals surface area contributed by atoms with Gasteiger partial charge in [0.1, 0.15) is 0 Å². The van der Waals surface area contributed by atoms with Crippen molar-refractivity contribution in [3.05, 3.63) is 45.1 Å². The van der Waals surface area contributed by atoms with Crippen molar-refractivity contribution in [3.63, 3.8) is 0 Å². The molecule has 0 saturated heterocycles. The quantitative estimate of drug-likeness (QED) is 0.570. The Balaban J connectivity index is 2.48. The second kappa shape index (κ2) is 3.19. The predicted molar refractivity (Wildman–Crippen MR) is 50.2 cm³/mol. The maximum absolute atomic E-state index is 10.3. The molecular weight excluding hydrogens is 208 g/mol. The molecule has 6 heteroatoms. The zero-order chi connectivity index (χ0) is 10.1. The molecule has 0 saturated carbocycles. The lowest BCUT2D eigenvalue weighted by atomic mass is 10.1. The fourth-order valence-corrected chi connectivity index (χ4v) is 1.34. The summed E-state index contributed by atoms with van der Waals surface area (Å²) in [6.07, 6.45) is 0.835. The SMILES string of the molecule is O=[N+]([O-])/C=C1\NOc2ccc(Cl)cc21. The van der Waals surface area contributed by atoms with E-state index in [9.17, 15) is 10.1 Å². The third kappa shape index (κ3) is 1.49. The lowest BCUT2D eigenvalue weighted by molar-refractivity contribution is -0.401. The van der Waals surface area contributed by atoms with Gasteiger partial charge < -0.3 is 4.84 Å². The number of benzene rings is 1. The van der Waals surface area contributed by atoms with Crippen LogP contribution in [0.5, 0.6) is 5.75 Å². The Morgan fingerprint density at radius 1 is 1.57 bits per heavy atom. The molecule has 0 radical (unpaired) electrons. The molecular formula is C8H5ClN2O3. The summed E-state index contributed by atoms with van der Waals surface area (Å²) in [6.45, 7) is 0. The Labute approximate surface area is 84.0 Å². The second-order valence-corrected chi connectivity index (χ2v) is 3.11. The summed E-state index contributed by atoms with van der Waals surface area (Å²) in [5.41, 5.74) is 3.33.